The van der Waals surface area contributed by atoms with Gasteiger partial charge >= 0.3 is 0 Å². The van der Waals surface area contributed by atoms with Gasteiger partial charge in [-0.05, 0) is 20.0 Å². The Hall–Kier alpha value is -0.970. The number of halogens is 2. The lowest BCUT2D eigenvalue weighted by Crippen LogP contribution is -2.20. The Kier molecular flexibility index (Phi) is 4.32. The molecule has 0 saturated heterocycles. The molecule has 1 atom stereocenters. The first-order chi connectivity index (χ1) is 8.61. The fraction of sp³-hybridized carbons (Fsp3) is 0.308. The van der Waals surface area contributed by atoms with Crippen LogP contribution in [0.4, 0.5) is 4.39 Å². The molecule has 1 N–H and O–H groups in total. The molecule has 0 aliphatic carbocycles. The third kappa shape index (κ3) is 2.88. The van der Waals surface area contributed by atoms with Crippen LogP contribution in [0.25, 0.3) is 0 Å². The monoisotopic (exact) mass is 284 g/mol. The van der Waals surface area contributed by atoms with Crippen molar-refractivity contribution in [2.24, 2.45) is 0 Å². The number of rotatable bonds is 4. The van der Waals surface area contributed by atoms with Crippen molar-refractivity contribution < 1.29 is 4.39 Å². The molecule has 2 rings (SSSR count). The summed E-state index contributed by atoms with van der Waals surface area (Å²) >= 11 is 7.41. The number of benzene rings is 1. The first kappa shape index (κ1) is 13.5. The predicted octanol–water partition coefficient (Wildman–Crippen LogP) is 3.75. The summed E-state index contributed by atoms with van der Waals surface area (Å²) < 4.78 is 14.0. The van der Waals surface area contributed by atoms with Crippen molar-refractivity contribution >= 4 is 22.9 Å². The van der Waals surface area contributed by atoms with Gasteiger partial charge in [-0.15, -0.1) is 11.3 Å². The summed E-state index contributed by atoms with van der Waals surface area (Å²) in [5.41, 5.74) is 1.55. The number of hydrogen-bond donors (Lipinski definition) is 1. The van der Waals surface area contributed by atoms with Crippen LogP contribution in [0.2, 0.25) is 5.02 Å². The van der Waals surface area contributed by atoms with E-state index < -0.39 is 0 Å². The first-order valence-electron chi connectivity index (χ1n) is 5.64. The van der Waals surface area contributed by atoms with Crippen molar-refractivity contribution in [3.63, 3.8) is 0 Å². The Labute approximate surface area is 115 Å². The van der Waals surface area contributed by atoms with Gasteiger partial charge in [0.2, 0.25) is 0 Å². The molecule has 0 fully saturated rings. The zero-order chi connectivity index (χ0) is 13.1. The van der Waals surface area contributed by atoms with Gasteiger partial charge in [0.1, 0.15) is 5.82 Å². The molecular formula is C13H14ClFN2S. The van der Waals surface area contributed by atoms with Crippen molar-refractivity contribution in [3.8, 4) is 0 Å². The summed E-state index contributed by atoms with van der Waals surface area (Å²) in [6, 6.07) is 4.95. The first-order valence-corrected chi connectivity index (χ1v) is 6.89. The van der Waals surface area contributed by atoms with Crippen molar-refractivity contribution in [2.75, 3.05) is 7.05 Å². The highest BCUT2D eigenvalue weighted by atomic mass is 35.5. The van der Waals surface area contributed by atoms with E-state index in [0.29, 0.717) is 12.0 Å². The molecule has 2 aromatic rings. The molecule has 2 nitrogen and oxygen atoms in total. The summed E-state index contributed by atoms with van der Waals surface area (Å²) in [6.45, 7) is 1.96. The van der Waals surface area contributed by atoms with Gasteiger partial charge in [-0.2, -0.15) is 0 Å². The lowest BCUT2D eigenvalue weighted by atomic mass is 10.0. The number of aryl methyl sites for hydroxylation is 1. The summed E-state index contributed by atoms with van der Waals surface area (Å²) in [5, 5.41) is 6.29. The van der Waals surface area contributed by atoms with Gasteiger partial charge in [0.25, 0.3) is 0 Å². The van der Waals surface area contributed by atoms with Crippen LogP contribution in [0.3, 0.4) is 0 Å². The van der Waals surface area contributed by atoms with E-state index in [-0.39, 0.29) is 16.9 Å². The highest BCUT2D eigenvalue weighted by molar-refractivity contribution is 7.09. The van der Waals surface area contributed by atoms with Gasteiger partial charge in [-0.1, -0.05) is 23.7 Å². The Bertz CT molecular complexity index is 542. The Morgan fingerprint density at radius 3 is 2.89 bits per heavy atom. The van der Waals surface area contributed by atoms with Gasteiger partial charge < -0.3 is 5.32 Å². The lowest BCUT2D eigenvalue weighted by Gasteiger charge is -2.16. The molecule has 0 spiro atoms. The van der Waals surface area contributed by atoms with Crippen LogP contribution in [0, 0.1) is 12.7 Å². The standard InChI is InChI=1S/C13H14ClFN2S/c1-8-17-9(7-18-8)6-12(16-2)10-4-3-5-11(14)13(10)15/h3-5,7,12,16H,6H2,1-2H3. The number of hydrogen-bond acceptors (Lipinski definition) is 3. The maximum atomic E-state index is 14.0. The molecule has 0 amide bonds. The molecule has 1 heterocycles. The molecule has 0 aliphatic heterocycles. The fourth-order valence-corrected chi connectivity index (χ4v) is 2.68. The number of thiazole rings is 1. The van der Waals surface area contributed by atoms with Gasteiger partial charge in [-0.3, -0.25) is 0 Å². The van der Waals surface area contributed by atoms with E-state index in [1.165, 1.54) is 0 Å². The number of nitrogens with one attached hydrogen (secondary N) is 1. The van der Waals surface area contributed by atoms with Gasteiger partial charge in [0.15, 0.2) is 0 Å². The molecule has 1 aromatic heterocycles. The lowest BCUT2D eigenvalue weighted by molar-refractivity contribution is 0.531. The largest absolute Gasteiger partial charge is 0.313 e. The molecule has 0 aliphatic rings. The predicted molar refractivity (Wildman–Crippen MR) is 73.8 cm³/mol. The maximum absolute atomic E-state index is 14.0. The van der Waals surface area contributed by atoms with E-state index in [9.17, 15) is 4.39 Å². The van der Waals surface area contributed by atoms with Crippen LogP contribution in [0.1, 0.15) is 22.3 Å². The minimum absolute atomic E-state index is 0.120. The fourth-order valence-electron chi connectivity index (χ4n) is 1.87. The molecule has 96 valence electrons. The summed E-state index contributed by atoms with van der Waals surface area (Å²) in [4.78, 5) is 4.40. The second kappa shape index (κ2) is 5.78. The van der Waals surface area contributed by atoms with E-state index in [4.69, 9.17) is 11.6 Å². The second-order valence-corrected chi connectivity index (χ2v) is 5.52. The van der Waals surface area contributed by atoms with Crippen LogP contribution in [-0.4, -0.2) is 12.0 Å². The molecule has 5 heteroatoms. The van der Waals surface area contributed by atoms with E-state index in [0.717, 1.165) is 10.7 Å². The molecule has 0 saturated carbocycles. The van der Waals surface area contributed by atoms with Gasteiger partial charge in [0.05, 0.1) is 15.7 Å². The average Bonchev–Trinajstić information content (AvgIpc) is 2.76. The quantitative estimate of drug-likeness (QED) is 0.925. The highest BCUT2D eigenvalue weighted by Gasteiger charge is 2.17. The maximum Gasteiger partial charge on any atom is 0.146 e. The van der Waals surface area contributed by atoms with Crippen molar-refractivity contribution in [3.05, 3.63) is 50.7 Å². The minimum atomic E-state index is -0.356. The summed E-state index contributed by atoms with van der Waals surface area (Å²) in [6.07, 6.45) is 0.651. The van der Waals surface area contributed by atoms with Crippen LogP contribution >= 0.6 is 22.9 Å². The third-order valence-corrected chi connectivity index (χ3v) is 3.90. The zero-order valence-electron chi connectivity index (χ0n) is 10.2. The Morgan fingerprint density at radius 1 is 1.50 bits per heavy atom. The molecular weight excluding hydrogens is 271 g/mol. The SMILES string of the molecule is CNC(Cc1csc(C)n1)c1cccc(Cl)c1F. The van der Waals surface area contributed by atoms with Crippen molar-refractivity contribution in [2.45, 2.75) is 19.4 Å². The second-order valence-electron chi connectivity index (χ2n) is 4.05. The van der Waals surface area contributed by atoms with Crippen molar-refractivity contribution in [1.82, 2.24) is 10.3 Å². The van der Waals surface area contributed by atoms with Crippen LogP contribution in [0.15, 0.2) is 23.6 Å². The summed E-state index contributed by atoms with van der Waals surface area (Å²) in [5.74, 6) is -0.356. The normalized spacial score (nSPS) is 12.7. The van der Waals surface area contributed by atoms with Gasteiger partial charge in [-0.25, -0.2) is 9.37 Å². The number of likely N-dealkylation sites (N-methyl/N-ethyl adjacent to an activating group) is 1. The van der Waals surface area contributed by atoms with E-state index in [1.54, 1.807) is 29.5 Å². The van der Waals surface area contributed by atoms with Crippen molar-refractivity contribution in [1.29, 1.82) is 0 Å². The van der Waals surface area contributed by atoms with Gasteiger partial charge in [0, 0.05) is 23.4 Å². The van der Waals surface area contributed by atoms with Crippen LogP contribution in [-0.2, 0) is 6.42 Å². The Balaban J connectivity index is 2.25. The smallest absolute Gasteiger partial charge is 0.146 e. The molecule has 0 bridgehead atoms. The van der Waals surface area contributed by atoms with Crippen LogP contribution in [0.5, 0.6) is 0 Å². The molecule has 1 unspecified atom stereocenters. The van der Waals surface area contributed by atoms with Crippen LogP contribution < -0.4 is 5.32 Å². The topological polar surface area (TPSA) is 24.9 Å². The molecule has 1 aromatic carbocycles. The average molecular weight is 285 g/mol. The third-order valence-electron chi connectivity index (χ3n) is 2.79. The van der Waals surface area contributed by atoms with E-state index in [2.05, 4.69) is 10.3 Å². The minimum Gasteiger partial charge on any atom is -0.313 e. The number of aromatic nitrogens is 1. The zero-order valence-corrected chi connectivity index (χ0v) is 11.8. The van der Waals surface area contributed by atoms with E-state index in [1.807, 2.05) is 19.4 Å². The highest BCUT2D eigenvalue weighted by Crippen LogP contribution is 2.26. The molecule has 0 radical (unpaired) electrons. The van der Waals surface area contributed by atoms with E-state index >= 15 is 0 Å². The number of nitrogens with zero attached hydrogens (tertiary/aromatic N) is 1. The summed E-state index contributed by atoms with van der Waals surface area (Å²) in [7, 11) is 1.81. The molecule has 18 heavy (non-hydrogen) atoms. The Morgan fingerprint density at radius 2 is 2.28 bits per heavy atom.